The van der Waals surface area contributed by atoms with Crippen molar-refractivity contribution in [3.05, 3.63) is 90.3 Å². The number of carbonyl (C=O) groups excluding carboxylic acids is 3. The van der Waals surface area contributed by atoms with Gasteiger partial charge in [-0.15, -0.1) is 12.4 Å². The number of hydrogen-bond donors (Lipinski definition) is 14. The van der Waals surface area contributed by atoms with Crippen molar-refractivity contribution in [2.45, 2.75) is 73.6 Å². The molecule has 4 unspecified atom stereocenters. The molecule has 0 aromatic carbocycles. The van der Waals surface area contributed by atoms with Crippen molar-refractivity contribution in [3.8, 4) is 0 Å². The number of phosphoric ester groups is 3. The standard InChI is InChI=1S/3C11H15N2O8P.ClH.Na/c3*12-10(16)6-2-1-3-13(4-6)11-9(15)8(14)7(21-11)5-20-22(17,18)19;;/h3*1-4,7-9,11,14-15H,5H2,(H3-,12,16,17,18,19);1H;/q;;;;+1/p+2/t3*7-,8+,9?,11-;;/m111../s1. The normalized spacial score (nSPS) is 28.6. The maximum absolute atomic E-state index is 11.1. The zero-order valence-corrected chi connectivity index (χ0v) is 40.5. The number of amides is 3. The molecule has 3 saturated heterocycles. The van der Waals surface area contributed by atoms with Crippen LogP contribution < -0.4 is 65.4 Å². The molecule has 3 aliphatic heterocycles. The number of rotatable bonds is 15. The molecule has 13 atom stereocenters. The molecule has 17 N–H and O–H groups in total. The Labute approximate surface area is 411 Å². The summed E-state index contributed by atoms with van der Waals surface area (Å²) in [6.07, 6.45) is -6.66. The van der Waals surface area contributed by atoms with Gasteiger partial charge in [0.1, 0.15) is 53.3 Å². The van der Waals surface area contributed by atoms with Gasteiger partial charge in [0, 0.05) is 18.2 Å². The summed E-state index contributed by atoms with van der Waals surface area (Å²) in [7, 11) is -14.4. The largest absolute Gasteiger partial charge is 1.00 e. The first-order chi connectivity index (χ1) is 30.6. The Bertz CT molecular complexity index is 2080. The number of carbonyl (C=O) groups is 3. The summed E-state index contributed by atoms with van der Waals surface area (Å²) in [4.78, 5) is 87.1. The quantitative estimate of drug-likeness (QED) is 0.0382. The van der Waals surface area contributed by atoms with Crippen molar-refractivity contribution < 1.29 is 159 Å². The van der Waals surface area contributed by atoms with Crippen molar-refractivity contribution in [1.82, 2.24) is 0 Å². The number of primary amides is 3. The number of pyridine rings is 3. The van der Waals surface area contributed by atoms with Crippen molar-refractivity contribution in [2.24, 2.45) is 17.2 Å². The van der Waals surface area contributed by atoms with Crippen molar-refractivity contribution in [1.29, 1.82) is 0 Å². The smallest absolute Gasteiger partial charge is 0.756 e. The summed E-state index contributed by atoms with van der Waals surface area (Å²) < 4.78 is 64.5. The van der Waals surface area contributed by atoms with E-state index in [1.807, 2.05) is 0 Å². The van der Waals surface area contributed by atoms with E-state index in [0.717, 1.165) is 0 Å². The molecule has 3 aliphatic rings. The van der Waals surface area contributed by atoms with Gasteiger partial charge in [0.2, 0.25) is 0 Å². The van der Waals surface area contributed by atoms with E-state index < -0.39 is 135 Å². The Morgan fingerprint density at radius 3 is 1.00 bits per heavy atom. The molecule has 68 heavy (non-hydrogen) atoms. The van der Waals surface area contributed by atoms with Crippen LogP contribution >= 0.6 is 35.9 Å². The number of nitrogens with two attached hydrogens (primary N) is 3. The number of aliphatic hydroxyl groups is 6. The minimum atomic E-state index is -4.97. The van der Waals surface area contributed by atoms with Gasteiger partial charge in [-0.3, -0.25) is 28.0 Å². The van der Waals surface area contributed by atoms with Gasteiger partial charge < -0.3 is 95.9 Å². The van der Waals surface area contributed by atoms with E-state index in [1.54, 1.807) is 0 Å². The molecule has 6 rings (SSSR count). The molecule has 374 valence electrons. The molecule has 35 heteroatoms. The van der Waals surface area contributed by atoms with Crippen LogP contribution in [0.25, 0.3) is 0 Å². The van der Waals surface area contributed by atoms with Crippen LogP contribution in [-0.2, 0) is 41.5 Å². The molecule has 3 aromatic rings. The molecule has 3 fully saturated rings. The minimum absolute atomic E-state index is 0. The van der Waals surface area contributed by atoms with E-state index in [2.05, 4.69) is 13.6 Å². The number of aliphatic hydroxyl groups excluding tert-OH is 6. The first-order valence-electron chi connectivity index (χ1n) is 18.6. The third-order valence-electron chi connectivity index (χ3n) is 9.43. The molecule has 3 amide bonds. The Balaban J connectivity index is 0.000000345. The number of phosphoric acid groups is 3. The van der Waals surface area contributed by atoms with Gasteiger partial charge in [0.05, 0.1) is 19.8 Å². The molecule has 0 bridgehead atoms. The van der Waals surface area contributed by atoms with Crippen LogP contribution in [0.2, 0.25) is 0 Å². The molecule has 6 heterocycles. The topological polar surface area (TPSA) is 493 Å². The summed E-state index contributed by atoms with van der Waals surface area (Å²) in [5.74, 6) is -2.04. The number of aromatic nitrogens is 3. The van der Waals surface area contributed by atoms with Crippen molar-refractivity contribution in [3.63, 3.8) is 0 Å². The van der Waals surface area contributed by atoms with Crippen LogP contribution in [0.5, 0.6) is 0 Å². The predicted octanol–water partition coefficient (Wildman–Crippen LogP) is -9.80. The molecular formula is C33H48ClN6NaO24P3+3. The molecule has 0 spiro atoms. The van der Waals surface area contributed by atoms with E-state index in [1.165, 1.54) is 87.3 Å². The van der Waals surface area contributed by atoms with Crippen molar-refractivity contribution in [2.75, 3.05) is 19.8 Å². The molecule has 3 aromatic heterocycles. The summed E-state index contributed by atoms with van der Waals surface area (Å²) in [5.41, 5.74) is 16.0. The maximum Gasteiger partial charge on any atom is 1.00 e. The minimum Gasteiger partial charge on any atom is -0.756 e. The average molecular weight is 1060 g/mol. The summed E-state index contributed by atoms with van der Waals surface area (Å²) >= 11 is 0. The predicted molar refractivity (Wildman–Crippen MR) is 212 cm³/mol. The maximum atomic E-state index is 11.1. The van der Waals surface area contributed by atoms with Gasteiger partial charge in [0.15, 0.2) is 55.5 Å². The monoisotopic (exact) mass is 1060 g/mol. The first-order valence-corrected chi connectivity index (χ1v) is 23.2. The van der Waals surface area contributed by atoms with Gasteiger partial charge >= 0.3 is 45.2 Å². The van der Waals surface area contributed by atoms with Gasteiger partial charge in [0.25, 0.3) is 44.2 Å². The molecule has 0 saturated carbocycles. The van der Waals surface area contributed by atoms with E-state index in [0.29, 0.717) is 0 Å². The fourth-order valence-corrected chi connectivity index (χ4v) is 7.26. The second-order valence-electron chi connectivity index (χ2n) is 14.2. The molecule has 30 nitrogen and oxygen atoms in total. The van der Waals surface area contributed by atoms with Crippen molar-refractivity contribution >= 4 is 53.6 Å². The zero-order valence-electron chi connectivity index (χ0n) is 35.0. The summed E-state index contributed by atoms with van der Waals surface area (Å²) in [5, 5.41) is 59.5. The van der Waals surface area contributed by atoms with Gasteiger partial charge in [-0.25, -0.2) is 9.13 Å². The van der Waals surface area contributed by atoms with E-state index in [-0.39, 0.29) is 58.7 Å². The Morgan fingerprint density at radius 1 is 0.529 bits per heavy atom. The number of hydrogen-bond acceptors (Lipinski definition) is 19. The van der Waals surface area contributed by atoms with E-state index in [4.69, 9.17) is 55.9 Å². The third-order valence-corrected chi connectivity index (χ3v) is 10.9. The van der Waals surface area contributed by atoms with Crippen LogP contribution in [0.15, 0.2) is 73.6 Å². The first kappa shape index (κ1) is 61.2. The van der Waals surface area contributed by atoms with E-state index >= 15 is 0 Å². The van der Waals surface area contributed by atoms with Crippen LogP contribution in [-0.4, -0.2) is 148 Å². The summed E-state index contributed by atoms with van der Waals surface area (Å²) in [6.45, 7) is -1.87. The van der Waals surface area contributed by atoms with Gasteiger partial charge in [-0.05, 0) is 18.2 Å². The van der Waals surface area contributed by atoms with Gasteiger partial charge in [-0.1, -0.05) is 0 Å². The molecule has 0 aliphatic carbocycles. The molecular weight excluding hydrogens is 1020 g/mol. The Kier molecular flexibility index (Phi) is 23.4. The SMILES string of the molecule is Cl.NC(=O)c1ccc[n+]([C@@H]2O[C@H](COP(=O)(O)O)[C@H](O)C2O)c1.NC(=O)c1ccc[n+]([C@@H]2O[C@H](COP(=O)(O)O)[C@H](O)C2O)c1.NC(=O)c1ccc[n+]([C@@H]2O[C@H](COP(=O)([O-])O)[C@H](O)C2O)c1.[Na+]. The number of ether oxygens (including phenoxy) is 3. The Morgan fingerprint density at radius 2 is 0.779 bits per heavy atom. The number of nitrogens with zero attached hydrogens (tertiary/aromatic N) is 3. The van der Waals surface area contributed by atoms with Crippen LogP contribution in [0.1, 0.15) is 49.8 Å². The van der Waals surface area contributed by atoms with Crippen LogP contribution in [0.3, 0.4) is 0 Å². The second-order valence-corrected chi connectivity index (χ2v) is 17.9. The molecule has 0 radical (unpaired) electrons. The third kappa shape index (κ3) is 17.8. The summed E-state index contributed by atoms with van der Waals surface area (Å²) in [6, 6.07) is 8.88. The Hall–Kier alpha value is -2.88. The zero-order chi connectivity index (χ0) is 49.5. The fraction of sp³-hybridized carbons (Fsp3) is 0.455. The second kappa shape index (κ2) is 26.0. The van der Waals surface area contributed by atoms with Crippen LogP contribution in [0, 0.1) is 0 Å². The van der Waals surface area contributed by atoms with Crippen LogP contribution in [0.4, 0.5) is 0 Å². The number of halogens is 1. The average Bonchev–Trinajstić information content (AvgIpc) is 3.81. The van der Waals surface area contributed by atoms with Gasteiger partial charge in [-0.2, -0.15) is 13.7 Å². The fourth-order valence-electron chi connectivity index (χ4n) is 6.24. The van der Waals surface area contributed by atoms with E-state index in [9.17, 15) is 63.6 Å².